The summed E-state index contributed by atoms with van der Waals surface area (Å²) >= 11 is 0. The molecule has 12 heavy (non-hydrogen) atoms. The van der Waals surface area contributed by atoms with E-state index in [1.807, 2.05) is 32.9 Å². The second-order valence-electron chi connectivity index (χ2n) is 3.27. The summed E-state index contributed by atoms with van der Waals surface area (Å²) in [6, 6.07) is 0. The monoisotopic (exact) mass is 168 g/mol. The van der Waals surface area contributed by atoms with Crippen molar-refractivity contribution in [3.63, 3.8) is 0 Å². The van der Waals surface area contributed by atoms with E-state index in [4.69, 9.17) is 4.74 Å². The first kappa shape index (κ1) is 11.0. The van der Waals surface area contributed by atoms with Crippen molar-refractivity contribution >= 4 is 6.29 Å². The maximum absolute atomic E-state index is 10.4. The molecule has 0 aromatic heterocycles. The molecule has 0 saturated carbocycles. The Labute approximate surface area is 73.9 Å². The van der Waals surface area contributed by atoms with E-state index < -0.39 is 0 Å². The lowest BCUT2D eigenvalue weighted by atomic mass is 9.98. The predicted octanol–water partition coefficient (Wildman–Crippen LogP) is 2.32. The molecule has 0 N–H and O–H groups in total. The third-order valence-electron chi connectivity index (χ3n) is 1.25. The summed E-state index contributed by atoms with van der Waals surface area (Å²) in [5, 5.41) is 0. The molecule has 0 rings (SSSR count). The Morgan fingerprint density at radius 1 is 1.33 bits per heavy atom. The van der Waals surface area contributed by atoms with Crippen molar-refractivity contribution in [2.45, 2.75) is 20.8 Å². The molecule has 0 aliphatic carbocycles. The highest BCUT2D eigenvalue weighted by molar-refractivity contribution is 5.57. The Kier molecular flexibility index (Phi) is 5.09. The van der Waals surface area contributed by atoms with Crippen LogP contribution in [0.5, 0.6) is 0 Å². The van der Waals surface area contributed by atoms with Gasteiger partial charge in [-0.1, -0.05) is 12.2 Å². The van der Waals surface area contributed by atoms with Crippen LogP contribution in [0.15, 0.2) is 24.5 Å². The molecule has 2 heteroatoms. The van der Waals surface area contributed by atoms with Gasteiger partial charge in [-0.2, -0.15) is 0 Å². The summed E-state index contributed by atoms with van der Waals surface area (Å²) in [6.45, 7) is 6.03. The minimum atomic E-state index is -0.389. The van der Waals surface area contributed by atoms with Gasteiger partial charge >= 0.3 is 0 Å². The smallest absolute Gasteiger partial charge is 0.128 e. The molecular weight excluding hydrogens is 152 g/mol. The van der Waals surface area contributed by atoms with Crippen molar-refractivity contribution in [1.29, 1.82) is 0 Å². The Bertz CT molecular complexity index is 178. The molecule has 2 nitrogen and oxygen atoms in total. The van der Waals surface area contributed by atoms with Crippen LogP contribution in [-0.2, 0) is 9.53 Å². The van der Waals surface area contributed by atoms with Crippen molar-refractivity contribution in [3.8, 4) is 0 Å². The van der Waals surface area contributed by atoms with E-state index in [1.165, 1.54) is 0 Å². The van der Waals surface area contributed by atoms with Crippen LogP contribution in [-0.4, -0.2) is 12.9 Å². The van der Waals surface area contributed by atoms with Gasteiger partial charge in [-0.3, -0.25) is 0 Å². The van der Waals surface area contributed by atoms with Gasteiger partial charge in [0.1, 0.15) is 6.29 Å². The molecule has 0 radical (unpaired) electrons. The van der Waals surface area contributed by atoms with Gasteiger partial charge < -0.3 is 9.53 Å². The van der Waals surface area contributed by atoms with Gasteiger partial charge in [0.2, 0.25) is 0 Å². The summed E-state index contributed by atoms with van der Waals surface area (Å²) in [7, 11) is 0. The maximum atomic E-state index is 10.4. The lowest BCUT2D eigenvalue weighted by Gasteiger charge is -2.14. The average Bonchev–Trinajstić information content (AvgIpc) is 2.04. The number of carbonyl (C=O) groups excluding carboxylic acids is 1. The molecule has 0 heterocycles. The van der Waals surface area contributed by atoms with Crippen LogP contribution in [0.2, 0.25) is 0 Å². The Hall–Kier alpha value is -1.05. The first-order chi connectivity index (χ1) is 5.62. The zero-order valence-corrected chi connectivity index (χ0v) is 7.91. The lowest BCUT2D eigenvalue weighted by molar-refractivity contribution is -0.116. The van der Waals surface area contributed by atoms with E-state index in [1.54, 1.807) is 12.3 Å². The fourth-order valence-corrected chi connectivity index (χ4v) is 0.509. The Morgan fingerprint density at radius 3 is 2.50 bits per heavy atom. The number of hydrogen-bond donors (Lipinski definition) is 0. The van der Waals surface area contributed by atoms with Gasteiger partial charge in [0.05, 0.1) is 18.3 Å². The number of rotatable bonds is 5. The predicted molar refractivity (Wildman–Crippen MR) is 49.8 cm³/mol. The normalized spacial score (nSPS) is 12.6. The molecule has 0 bridgehead atoms. The summed E-state index contributed by atoms with van der Waals surface area (Å²) in [6.07, 6.45) is 8.06. The van der Waals surface area contributed by atoms with Crippen molar-refractivity contribution in [3.05, 3.63) is 24.5 Å². The minimum Gasteiger partial charge on any atom is -0.500 e. The molecule has 0 aromatic carbocycles. The van der Waals surface area contributed by atoms with Crippen LogP contribution in [0.4, 0.5) is 0 Å². The Morgan fingerprint density at radius 2 is 2.00 bits per heavy atom. The summed E-state index contributed by atoms with van der Waals surface area (Å²) in [5.41, 5.74) is -0.389. The first-order valence-electron chi connectivity index (χ1n) is 3.98. The largest absolute Gasteiger partial charge is 0.500 e. The van der Waals surface area contributed by atoms with E-state index in [0.717, 1.165) is 6.29 Å². The zero-order chi connectivity index (χ0) is 9.45. The molecular formula is C10H16O2. The van der Waals surface area contributed by atoms with E-state index in [2.05, 4.69) is 0 Å². The van der Waals surface area contributed by atoms with E-state index in [9.17, 15) is 4.79 Å². The second kappa shape index (κ2) is 5.58. The first-order valence-corrected chi connectivity index (χ1v) is 3.98. The van der Waals surface area contributed by atoms with Gasteiger partial charge in [-0.05, 0) is 26.8 Å². The van der Waals surface area contributed by atoms with Crippen LogP contribution < -0.4 is 0 Å². The van der Waals surface area contributed by atoms with Crippen molar-refractivity contribution < 1.29 is 9.53 Å². The SMILES string of the molecule is C/C=C/C=C/OCC(C)(C)C=O. The van der Waals surface area contributed by atoms with Gasteiger partial charge in [0.15, 0.2) is 0 Å². The number of hydrogen-bond acceptors (Lipinski definition) is 2. The second-order valence-corrected chi connectivity index (χ2v) is 3.27. The molecule has 0 spiro atoms. The number of aldehydes is 1. The third-order valence-corrected chi connectivity index (χ3v) is 1.25. The topological polar surface area (TPSA) is 26.3 Å². The molecule has 0 unspecified atom stereocenters. The summed E-state index contributed by atoms with van der Waals surface area (Å²) in [4.78, 5) is 10.4. The highest BCUT2D eigenvalue weighted by atomic mass is 16.5. The van der Waals surface area contributed by atoms with Crippen LogP contribution in [0.25, 0.3) is 0 Å². The summed E-state index contributed by atoms with van der Waals surface area (Å²) < 4.78 is 5.13. The van der Waals surface area contributed by atoms with Crippen LogP contribution in [0.1, 0.15) is 20.8 Å². The van der Waals surface area contributed by atoms with Crippen molar-refractivity contribution in [1.82, 2.24) is 0 Å². The number of carbonyl (C=O) groups is 1. The number of ether oxygens (including phenoxy) is 1. The van der Waals surface area contributed by atoms with E-state index >= 15 is 0 Å². The average molecular weight is 168 g/mol. The van der Waals surface area contributed by atoms with Gasteiger partial charge in [-0.25, -0.2) is 0 Å². The standard InChI is InChI=1S/C10H16O2/c1-4-5-6-7-12-9-10(2,3)8-11/h4-8H,9H2,1-3H3/b5-4+,7-6+. The number of allylic oxidation sites excluding steroid dienone is 3. The molecule has 0 aromatic rings. The molecule has 0 aliphatic rings. The molecule has 68 valence electrons. The zero-order valence-electron chi connectivity index (χ0n) is 7.91. The Balaban J connectivity index is 3.62. The van der Waals surface area contributed by atoms with E-state index in [0.29, 0.717) is 6.61 Å². The summed E-state index contributed by atoms with van der Waals surface area (Å²) in [5.74, 6) is 0. The quantitative estimate of drug-likeness (QED) is 0.358. The molecule has 0 saturated heterocycles. The molecule has 0 fully saturated rings. The molecule has 0 atom stereocenters. The maximum Gasteiger partial charge on any atom is 0.128 e. The van der Waals surface area contributed by atoms with Crippen LogP contribution in [0, 0.1) is 5.41 Å². The minimum absolute atomic E-state index is 0.389. The van der Waals surface area contributed by atoms with Gasteiger partial charge in [-0.15, -0.1) is 0 Å². The fraction of sp³-hybridized carbons (Fsp3) is 0.500. The van der Waals surface area contributed by atoms with Crippen LogP contribution in [0.3, 0.4) is 0 Å². The van der Waals surface area contributed by atoms with Crippen LogP contribution >= 0.6 is 0 Å². The van der Waals surface area contributed by atoms with Crippen molar-refractivity contribution in [2.24, 2.45) is 5.41 Å². The fourth-order valence-electron chi connectivity index (χ4n) is 0.509. The van der Waals surface area contributed by atoms with E-state index in [-0.39, 0.29) is 5.41 Å². The van der Waals surface area contributed by atoms with Crippen molar-refractivity contribution in [2.75, 3.05) is 6.61 Å². The highest BCUT2D eigenvalue weighted by Gasteiger charge is 2.15. The van der Waals surface area contributed by atoms with Gasteiger partial charge in [0, 0.05) is 0 Å². The third kappa shape index (κ3) is 5.71. The van der Waals surface area contributed by atoms with Gasteiger partial charge in [0.25, 0.3) is 0 Å². The molecule has 0 amide bonds. The molecule has 0 aliphatic heterocycles. The lowest BCUT2D eigenvalue weighted by Crippen LogP contribution is -2.19. The highest BCUT2D eigenvalue weighted by Crippen LogP contribution is 2.10.